The minimum atomic E-state index is -0.283. The van der Waals surface area contributed by atoms with Crippen LogP contribution in [-0.2, 0) is 6.54 Å². The predicted octanol–water partition coefficient (Wildman–Crippen LogP) is -0.288. The highest BCUT2D eigenvalue weighted by Gasteiger charge is 2.08. The number of nitrogen functional groups attached to an aromatic ring is 1. The van der Waals surface area contributed by atoms with Crippen LogP contribution in [0.3, 0.4) is 0 Å². The molecule has 0 saturated carbocycles. The molecular formula is C9H10N6O. The molecule has 2 rings (SSSR count). The highest BCUT2D eigenvalue weighted by molar-refractivity contribution is 5.92. The molecular weight excluding hydrogens is 208 g/mol. The lowest BCUT2D eigenvalue weighted by Gasteiger charge is -2.01. The van der Waals surface area contributed by atoms with Crippen molar-refractivity contribution in [3.8, 4) is 0 Å². The van der Waals surface area contributed by atoms with Crippen LogP contribution in [0.1, 0.15) is 16.2 Å². The van der Waals surface area contributed by atoms with E-state index in [0.29, 0.717) is 17.9 Å². The van der Waals surface area contributed by atoms with Gasteiger partial charge in [-0.15, -0.1) is 0 Å². The Morgan fingerprint density at radius 3 is 3.06 bits per heavy atom. The Hall–Kier alpha value is -2.44. The Bertz CT molecular complexity index is 480. The third-order valence-electron chi connectivity index (χ3n) is 1.90. The standard InChI is InChI=1S/C9H10N6O/c10-8-4-7(14-15-8)9(16)11-5-6-2-1-3-12-13-6/h1-4H,5H2,(H,11,16)(H3,10,14,15). The van der Waals surface area contributed by atoms with Crippen LogP contribution >= 0.6 is 0 Å². The first-order valence-corrected chi connectivity index (χ1v) is 4.61. The topological polar surface area (TPSA) is 110 Å². The fourth-order valence-corrected chi connectivity index (χ4v) is 1.15. The molecule has 0 aliphatic rings. The molecule has 7 nitrogen and oxygen atoms in total. The molecule has 7 heteroatoms. The fraction of sp³-hybridized carbons (Fsp3) is 0.111. The van der Waals surface area contributed by atoms with Crippen molar-refractivity contribution in [1.82, 2.24) is 25.7 Å². The summed E-state index contributed by atoms with van der Waals surface area (Å²) in [6.07, 6.45) is 1.57. The minimum absolute atomic E-state index is 0.282. The van der Waals surface area contributed by atoms with Crippen LogP contribution in [0.15, 0.2) is 24.4 Å². The summed E-state index contributed by atoms with van der Waals surface area (Å²) in [5.74, 6) is -0.000458. The SMILES string of the molecule is Nc1cc(C(=O)NCc2cccnn2)[nH]n1. The van der Waals surface area contributed by atoms with E-state index in [2.05, 4.69) is 25.7 Å². The summed E-state index contributed by atoms with van der Waals surface area (Å²) >= 11 is 0. The Labute approximate surface area is 91.1 Å². The molecule has 82 valence electrons. The molecule has 0 spiro atoms. The number of carbonyl (C=O) groups is 1. The van der Waals surface area contributed by atoms with Gasteiger partial charge in [0.15, 0.2) is 0 Å². The van der Waals surface area contributed by atoms with Gasteiger partial charge in [-0.2, -0.15) is 15.3 Å². The molecule has 0 aliphatic carbocycles. The molecule has 0 bridgehead atoms. The number of carbonyl (C=O) groups excluding carboxylic acids is 1. The second-order valence-corrected chi connectivity index (χ2v) is 3.10. The van der Waals surface area contributed by atoms with Gasteiger partial charge in [0, 0.05) is 12.3 Å². The normalized spacial score (nSPS) is 10.0. The van der Waals surface area contributed by atoms with E-state index >= 15 is 0 Å². The first-order chi connectivity index (χ1) is 7.75. The molecule has 2 aromatic heterocycles. The highest BCUT2D eigenvalue weighted by Crippen LogP contribution is 2.00. The monoisotopic (exact) mass is 218 g/mol. The molecule has 0 radical (unpaired) electrons. The van der Waals surface area contributed by atoms with Gasteiger partial charge in [0.25, 0.3) is 5.91 Å². The van der Waals surface area contributed by atoms with Gasteiger partial charge in [-0.05, 0) is 12.1 Å². The van der Waals surface area contributed by atoms with Gasteiger partial charge in [-0.3, -0.25) is 9.89 Å². The average Bonchev–Trinajstić information content (AvgIpc) is 2.74. The van der Waals surface area contributed by atoms with E-state index in [-0.39, 0.29) is 11.7 Å². The maximum atomic E-state index is 11.5. The zero-order valence-electron chi connectivity index (χ0n) is 8.34. The molecule has 2 heterocycles. The van der Waals surface area contributed by atoms with Gasteiger partial charge in [-0.1, -0.05) is 0 Å². The maximum absolute atomic E-state index is 11.5. The zero-order valence-corrected chi connectivity index (χ0v) is 8.34. The van der Waals surface area contributed by atoms with E-state index < -0.39 is 0 Å². The van der Waals surface area contributed by atoms with Crippen molar-refractivity contribution in [2.75, 3.05) is 5.73 Å². The van der Waals surface area contributed by atoms with Gasteiger partial charge in [0.05, 0.1) is 12.2 Å². The predicted molar refractivity (Wildman–Crippen MR) is 56.2 cm³/mol. The van der Waals surface area contributed by atoms with Crippen LogP contribution in [-0.4, -0.2) is 26.3 Å². The number of rotatable bonds is 3. The summed E-state index contributed by atoms with van der Waals surface area (Å²) in [4.78, 5) is 11.5. The molecule has 1 amide bonds. The van der Waals surface area contributed by atoms with Crippen molar-refractivity contribution in [2.45, 2.75) is 6.54 Å². The molecule has 0 fully saturated rings. The smallest absolute Gasteiger partial charge is 0.269 e. The quantitative estimate of drug-likeness (QED) is 0.655. The van der Waals surface area contributed by atoms with Crippen LogP contribution < -0.4 is 11.1 Å². The Morgan fingerprint density at radius 2 is 2.44 bits per heavy atom. The van der Waals surface area contributed by atoms with Crippen molar-refractivity contribution < 1.29 is 4.79 Å². The molecule has 0 unspecified atom stereocenters. The van der Waals surface area contributed by atoms with Gasteiger partial charge in [-0.25, -0.2) is 0 Å². The molecule has 0 saturated heterocycles. The Balaban J connectivity index is 1.94. The third kappa shape index (κ3) is 2.32. The van der Waals surface area contributed by atoms with Crippen LogP contribution in [0, 0.1) is 0 Å². The molecule has 2 aromatic rings. The highest BCUT2D eigenvalue weighted by atomic mass is 16.1. The summed E-state index contributed by atoms with van der Waals surface area (Å²) in [5.41, 5.74) is 6.38. The lowest BCUT2D eigenvalue weighted by atomic mass is 10.3. The van der Waals surface area contributed by atoms with E-state index in [9.17, 15) is 4.79 Å². The van der Waals surface area contributed by atoms with E-state index in [4.69, 9.17) is 5.73 Å². The summed E-state index contributed by atoms with van der Waals surface area (Å²) in [6, 6.07) is 4.99. The lowest BCUT2D eigenvalue weighted by Crippen LogP contribution is -2.23. The first kappa shape index (κ1) is 10.1. The van der Waals surface area contributed by atoms with E-state index in [1.54, 1.807) is 18.3 Å². The van der Waals surface area contributed by atoms with Crippen LogP contribution in [0.5, 0.6) is 0 Å². The van der Waals surface area contributed by atoms with Crippen LogP contribution in [0.25, 0.3) is 0 Å². The second-order valence-electron chi connectivity index (χ2n) is 3.10. The van der Waals surface area contributed by atoms with Crippen molar-refractivity contribution in [2.24, 2.45) is 0 Å². The number of nitrogens with two attached hydrogens (primary N) is 1. The van der Waals surface area contributed by atoms with Gasteiger partial charge in [0.2, 0.25) is 0 Å². The number of nitrogens with zero attached hydrogens (tertiary/aromatic N) is 3. The van der Waals surface area contributed by atoms with Crippen molar-refractivity contribution >= 4 is 11.7 Å². The number of hydrogen-bond acceptors (Lipinski definition) is 5. The lowest BCUT2D eigenvalue weighted by molar-refractivity contribution is 0.0945. The Kier molecular flexibility index (Phi) is 2.77. The third-order valence-corrected chi connectivity index (χ3v) is 1.90. The molecule has 4 N–H and O–H groups in total. The van der Waals surface area contributed by atoms with Crippen molar-refractivity contribution in [3.63, 3.8) is 0 Å². The van der Waals surface area contributed by atoms with Gasteiger partial charge in [0.1, 0.15) is 11.5 Å². The van der Waals surface area contributed by atoms with Crippen LogP contribution in [0.4, 0.5) is 5.82 Å². The summed E-state index contributed by atoms with van der Waals surface area (Å²) in [5, 5.41) is 16.4. The fourth-order valence-electron chi connectivity index (χ4n) is 1.15. The maximum Gasteiger partial charge on any atom is 0.269 e. The minimum Gasteiger partial charge on any atom is -0.382 e. The number of amides is 1. The molecule has 16 heavy (non-hydrogen) atoms. The number of nitrogens with one attached hydrogen (secondary N) is 2. The molecule has 0 atom stereocenters. The number of hydrogen-bond donors (Lipinski definition) is 3. The summed E-state index contributed by atoms with van der Waals surface area (Å²) in [7, 11) is 0. The van der Waals surface area contributed by atoms with Gasteiger partial charge >= 0.3 is 0 Å². The van der Waals surface area contributed by atoms with Crippen molar-refractivity contribution in [3.05, 3.63) is 35.8 Å². The van der Waals surface area contributed by atoms with Crippen molar-refractivity contribution in [1.29, 1.82) is 0 Å². The largest absolute Gasteiger partial charge is 0.382 e. The zero-order chi connectivity index (χ0) is 11.4. The van der Waals surface area contributed by atoms with E-state index in [1.165, 1.54) is 6.07 Å². The second kappa shape index (κ2) is 4.39. The van der Waals surface area contributed by atoms with E-state index in [0.717, 1.165) is 0 Å². The molecule has 0 aromatic carbocycles. The number of aromatic amines is 1. The number of anilines is 1. The average molecular weight is 218 g/mol. The van der Waals surface area contributed by atoms with Crippen LogP contribution in [0.2, 0.25) is 0 Å². The van der Waals surface area contributed by atoms with E-state index in [1.807, 2.05) is 0 Å². The Morgan fingerprint density at radius 1 is 1.56 bits per heavy atom. The number of aromatic nitrogens is 4. The summed E-state index contributed by atoms with van der Waals surface area (Å²) in [6.45, 7) is 0.311. The molecule has 0 aliphatic heterocycles. The first-order valence-electron chi connectivity index (χ1n) is 4.61. The number of H-pyrrole nitrogens is 1. The summed E-state index contributed by atoms with van der Waals surface area (Å²) < 4.78 is 0. The van der Waals surface area contributed by atoms with Gasteiger partial charge < -0.3 is 11.1 Å².